The van der Waals surface area contributed by atoms with Gasteiger partial charge in [0.2, 0.25) is 0 Å². The van der Waals surface area contributed by atoms with Crippen LogP contribution in [0.1, 0.15) is 89.5 Å². The first kappa shape index (κ1) is 21.4. The predicted molar refractivity (Wildman–Crippen MR) is 110 cm³/mol. The molecule has 1 rings (SSSR count). The molecule has 1 aromatic rings. The Morgan fingerprint density at radius 3 is 1.88 bits per heavy atom. The summed E-state index contributed by atoms with van der Waals surface area (Å²) in [4.78, 5) is 0. The van der Waals surface area contributed by atoms with Gasteiger partial charge in [-0.1, -0.05) is 76.8 Å². The van der Waals surface area contributed by atoms with Gasteiger partial charge in [-0.2, -0.15) is 0 Å². The molecule has 0 heterocycles. The fraction of sp³-hybridized carbons (Fsp3) is 0.727. The van der Waals surface area contributed by atoms with Gasteiger partial charge in [-0.05, 0) is 43.4 Å². The Morgan fingerprint density at radius 2 is 1.29 bits per heavy atom. The van der Waals surface area contributed by atoms with E-state index in [9.17, 15) is 0 Å². The number of hydrogen-bond acceptors (Lipinski definition) is 1. The molecule has 0 atom stereocenters. The molecule has 1 aromatic carbocycles. The number of benzene rings is 1. The number of nitrogens with one attached hydrogen (secondary N) is 1. The van der Waals surface area contributed by atoms with Gasteiger partial charge in [-0.3, -0.25) is 0 Å². The van der Waals surface area contributed by atoms with Crippen LogP contribution in [-0.2, 0) is 6.42 Å². The van der Waals surface area contributed by atoms with Crippen molar-refractivity contribution in [1.82, 2.24) is 0 Å². The number of rotatable bonds is 16. The van der Waals surface area contributed by atoms with Gasteiger partial charge in [-0.25, -0.2) is 0 Å². The lowest BCUT2D eigenvalue weighted by molar-refractivity contribution is 0.556. The highest BCUT2D eigenvalue weighted by Gasteiger charge is 1.97. The second-order valence-corrected chi connectivity index (χ2v) is 7.33. The van der Waals surface area contributed by atoms with Crippen LogP contribution in [0.3, 0.4) is 0 Å². The minimum atomic E-state index is 0.763. The topological polar surface area (TPSA) is 12.0 Å². The van der Waals surface area contributed by atoms with Crippen LogP contribution in [-0.4, -0.2) is 12.4 Å². The zero-order valence-electron chi connectivity index (χ0n) is 15.8. The van der Waals surface area contributed by atoms with E-state index in [4.69, 9.17) is 11.6 Å². The zero-order chi connectivity index (χ0) is 17.3. The molecule has 0 spiro atoms. The average Bonchev–Trinajstić information content (AvgIpc) is 2.61. The van der Waals surface area contributed by atoms with Crippen molar-refractivity contribution in [2.24, 2.45) is 0 Å². The number of hydrogen-bond donors (Lipinski definition) is 1. The van der Waals surface area contributed by atoms with Crippen LogP contribution in [0.4, 0.5) is 5.69 Å². The normalized spacial score (nSPS) is 10.9. The van der Waals surface area contributed by atoms with Gasteiger partial charge in [-0.15, -0.1) is 11.6 Å². The highest BCUT2D eigenvalue weighted by Crippen LogP contribution is 2.14. The van der Waals surface area contributed by atoms with Crippen molar-refractivity contribution in [3.05, 3.63) is 29.8 Å². The Morgan fingerprint density at radius 1 is 0.708 bits per heavy atom. The number of aryl methyl sites for hydroxylation is 1. The Kier molecular flexibility index (Phi) is 14.1. The molecule has 2 heteroatoms. The Labute approximate surface area is 155 Å². The molecule has 0 bridgehead atoms. The third-order valence-corrected chi connectivity index (χ3v) is 4.93. The Balaban J connectivity index is 1.97. The standard InChI is InChI=1S/C22H38ClN/c1-2-3-4-5-6-7-8-9-10-11-14-21-15-17-22(18-16-21)24-20-13-12-19-23/h15-18,24H,2-14,19-20H2,1H3. The highest BCUT2D eigenvalue weighted by atomic mass is 35.5. The second kappa shape index (κ2) is 15.8. The second-order valence-electron chi connectivity index (χ2n) is 6.95. The van der Waals surface area contributed by atoms with Crippen molar-refractivity contribution in [1.29, 1.82) is 0 Å². The summed E-state index contributed by atoms with van der Waals surface area (Å²) in [7, 11) is 0. The van der Waals surface area contributed by atoms with Gasteiger partial charge in [0.15, 0.2) is 0 Å². The molecule has 138 valence electrons. The average molecular weight is 352 g/mol. The number of alkyl halides is 1. The molecule has 1 N–H and O–H groups in total. The van der Waals surface area contributed by atoms with E-state index in [0.717, 1.165) is 25.3 Å². The molecule has 0 aromatic heterocycles. The minimum Gasteiger partial charge on any atom is -0.385 e. The number of halogens is 1. The van der Waals surface area contributed by atoms with E-state index in [1.54, 1.807) is 0 Å². The molecule has 0 amide bonds. The fourth-order valence-corrected chi connectivity index (χ4v) is 3.25. The lowest BCUT2D eigenvalue weighted by Gasteiger charge is -2.07. The van der Waals surface area contributed by atoms with E-state index >= 15 is 0 Å². The quantitative estimate of drug-likeness (QED) is 0.239. The monoisotopic (exact) mass is 351 g/mol. The molecule has 0 saturated heterocycles. The summed E-state index contributed by atoms with van der Waals surface area (Å²) in [5.41, 5.74) is 2.71. The molecular formula is C22H38ClN. The first-order valence-corrected chi connectivity index (χ1v) is 10.8. The van der Waals surface area contributed by atoms with Crippen molar-refractivity contribution in [3.8, 4) is 0 Å². The van der Waals surface area contributed by atoms with Crippen LogP contribution in [0.2, 0.25) is 0 Å². The molecule has 0 saturated carbocycles. The lowest BCUT2D eigenvalue weighted by Crippen LogP contribution is -2.01. The molecule has 0 aliphatic heterocycles. The highest BCUT2D eigenvalue weighted by molar-refractivity contribution is 6.17. The van der Waals surface area contributed by atoms with Gasteiger partial charge >= 0.3 is 0 Å². The SMILES string of the molecule is CCCCCCCCCCCCc1ccc(NCCCCCl)cc1. The summed E-state index contributed by atoms with van der Waals surface area (Å²) < 4.78 is 0. The maximum absolute atomic E-state index is 5.69. The molecule has 1 nitrogen and oxygen atoms in total. The van der Waals surface area contributed by atoms with Crippen molar-refractivity contribution < 1.29 is 0 Å². The number of unbranched alkanes of at least 4 members (excludes halogenated alkanes) is 10. The third kappa shape index (κ3) is 11.8. The van der Waals surface area contributed by atoms with E-state index in [1.807, 2.05) is 0 Å². The van der Waals surface area contributed by atoms with Crippen LogP contribution in [0.5, 0.6) is 0 Å². The van der Waals surface area contributed by atoms with Crippen molar-refractivity contribution in [2.75, 3.05) is 17.7 Å². The molecular weight excluding hydrogens is 314 g/mol. The van der Waals surface area contributed by atoms with E-state index in [2.05, 4.69) is 36.5 Å². The first-order valence-electron chi connectivity index (χ1n) is 10.3. The molecule has 0 fully saturated rings. The summed E-state index contributed by atoms with van der Waals surface area (Å²) in [6, 6.07) is 8.98. The van der Waals surface area contributed by atoms with Crippen LogP contribution in [0.25, 0.3) is 0 Å². The molecule has 24 heavy (non-hydrogen) atoms. The number of anilines is 1. The molecule has 0 radical (unpaired) electrons. The third-order valence-electron chi connectivity index (χ3n) is 4.66. The van der Waals surface area contributed by atoms with Gasteiger partial charge in [0.1, 0.15) is 0 Å². The van der Waals surface area contributed by atoms with E-state index in [1.165, 1.54) is 81.9 Å². The van der Waals surface area contributed by atoms with Crippen molar-refractivity contribution >= 4 is 17.3 Å². The van der Waals surface area contributed by atoms with Crippen molar-refractivity contribution in [2.45, 2.75) is 90.4 Å². The van der Waals surface area contributed by atoms with E-state index in [-0.39, 0.29) is 0 Å². The van der Waals surface area contributed by atoms with Crippen LogP contribution >= 0.6 is 11.6 Å². The van der Waals surface area contributed by atoms with Crippen LogP contribution in [0.15, 0.2) is 24.3 Å². The summed E-state index contributed by atoms with van der Waals surface area (Å²) in [5.74, 6) is 0.763. The Bertz CT molecular complexity index is 374. The van der Waals surface area contributed by atoms with Gasteiger partial charge < -0.3 is 5.32 Å². The summed E-state index contributed by atoms with van der Waals surface area (Å²) in [6.45, 7) is 3.30. The predicted octanol–water partition coefficient (Wildman–Crippen LogP) is 7.58. The first-order chi connectivity index (χ1) is 11.9. The van der Waals surface area contributed by atoms with Gasteiger partial charge in [0.05, 0.1) is 0 Å². The largest absolute Gasteiger partial charge is 0.385 e. The lowest BCUT2D eigenvalue weighted by atomic mass is 10.0. The van der Waals surface area contributed by atoms with Crippen LogP contribution < -0.4 is 5.32 Å². The summed E-state index contributed by atoms with van der Waals surface area (Å²) >= 11 is 5.69. The fourth-order valence-electron chi connectivity index (χ4n) is 3.06. The van der Waals surface area contributed by atoms with E-state index < -0.39 is 0 Å². The maximum Gasteiger partial charge on any atom is 0.0340 e. The van der Waals surface area contributed by atoms with Crippen LogP contribution in [0, 0.1) is 0 Å². The summed E-state index contributed by atoms with van der Waals surface area (Å²) in [6.07, 6.45) is 17.5. The zero-order valence-corrected chi connectivity index (χ0v) is 16.5. The molecule has 0 aliphatic rings. The minimum absolute atomic E-state index is 0.763. The van der Waals surface area contributed by atoms with Gasteiger partial charge in [0, 0.05) is 18.1 Å². The maximum atomic E-state index is 5.69. The van der Waals surface area contributed by atoms with Crippen molar-refractivity contribution in [3.63, 3.8) is 0 Å². The molecule has 0 unspecified atom stereocenters. The Hall–Kier alpha value is -0.690. The van der Waals surface area contributed by atoms with Gasteiger partial charge in [0.25, 0.3) is 0 Å². The molecule has 0 aliphatic carbocycles. The smallest absolute Gasteiger partial charge is 0.0340 e. The summed E-state index contributed by atoms with van der Waals surface area (Å²) in [5, 5.41) is 3.46. The van der Waals surface area contributed by atoms with E-state index in [0.29, 0.717) is 0 Å².